The highest BCUT2D eigenvalue weighted by Crippen LogP contribution is 2.44. The zero-order chi connectivity index (χ0) is 22.9. The fourth-order valence-electron chi connectivity index (χ4n) is 4.73. The molecule has 0 heterocycles. The molecule has 1 atom stereocenters. The van der Waals surface area contributed by atoms with Crippen molar-refractivity contribution in [3.8, 4) is 11.1 Å². The van der Waals surface area contributed by atoms with Crippen molar-refractivity contribution in [2.45, 2.75) is 50.1 Å². The van der Waals surface area contributed by atoms with E-state index >= 15 is 0 Å². The van der Waals surface area contributed by atoms with Gasteiger partial charge in [-0.25, -0.2) is 9.59 Å². The summed E-state index contributed by atoms with van der Waals surface area (Å²) in [4.78, 5) is 37.9. The molecule has 0 aromatic heterocycles. The lowest BCUT2D eigenvalue weighted by Gasteiger charge is -2.45. The third-order valence-corrected chi connectivity index (χ3v) is 6.78. The lowest BCUT2D eigenvalue weighted by molar-refractivity contribution is -0.164. The van der Waals surface area contributed by atoms with Gasteiger partial charge in [-0.1, -0.05) is 48.5 Å². The number of hydrogen-bond acceptors (Lipinski definition) is 4. The van der Waals surface area contributed by atoms with Crippen LogP contribution in [0.25, 0.3) is 11.1 Å². The number of rotatable bonds is 7. The highest BCUT2D eigenvalue weighted by molar-refractivity contribution is 5.88. The maximum Gasteiger partial charge on any atom is 0.407 e. The molecule has 2 N–H and O–H groups in total. The van der Waals surface area contributed by atoms with Crippen LogP contribution in [0.15, 0.2) is 48.5 Å². The summed E-state index contributed by atoms with van der Waals surface area (Å²) in [6, 6.07) is 15.7. The Balaban J connectivity index is 1.33. The Hall–Kier alpha value is -3.35. The van der Waals surface area contributed by atoms with E-state index in [-0.39, 0.29) is 24.9 Å². The number of carbonyl (C=O) groups excluding carboxylic acids is 2. The summed E-state index contributed by atoms with van der Waals surface area (Å²) in [5.74, 6) is -1.32. The molecule has 32 heavy (non-hydrogen) atoms. The number of hydrogen-bond donors (Lipinski definition) is 2. The first kappa shape index (κ1) is 21.9. The van der Waals surface area contributed by atoms with E-state index in [0.29, 0.717) is 12.8 Å². The van der Waals surface area contributed by atoms with Crippen LogP contribution in [0.1, 0.15) is 49.7 Å². The average molecular weight is 437 g/mol. The second kappa shape index (κ2) is 8.65. The average Bonchev–Trinajstić information content (AvgIpc) is 3.04. The van der Waals surface area contributed by atoms with Gasteiger partial charge in [0.2, 0.25) is 5.91 Å². The van der Waals surface area contributed by atoms with Gasteiger partial charge >= 0.3 is 12.1 Å². The first-order valence-corrected chi connectivity index (χ1v) is 10.9. The molecule has 0 aliphatic heterocycles. The summed E-state index contributed by atoms with van der Waals surface area (Å²) in [5, 5.41) is 12.2. The highest BCUT2D eigenvalue weighted by atomic mass is 16.5. The number of fused-ring (bicyclic) bond motifs is 3. The number of nitrogens with zero attached hydrogens (tertiary/aromatic N) is 1. The van der Waals surface area contributed by atoms with E-state index in [9.17, 15) is 19.5 Å². The van der Waals surface area contributed by atoms with Gasteiger partial charge in [-0.3, -0.25) is 4.79 Å². The molecular formula is C25H28N2O5. The Bertz CT molecular complexity index is 1000. The van der Waals surface area contributed by atoms with Crippen LogP contribution in [0.3, 0.4) is 0 Å². The molecule has 4 rings (SSSR count). The smallest absolute Gasteiger partial charge is 0.407 e. The minimum absolute atomic E-state index is 0.00965. The van der Waals surface area contributed by atoms with Crippen molar-refractivity contribution < 1.29 is 24.2 Å². The van der Waals surface area contributed by atoms with Crippen LogP contribution in [0.5, 0.6) is 0 Å². The van der Waals surface area contributed by atoms with Gasteiger partial charge in [0.05, 0.1) is 0 Å². The minimum Gasteiger partial charge on any atom is -0.479 e. The molecule has 0 bridgehead atoms. The Morgan fingerprint density at radius 1 is 1.09 bits per heavy atom. The Kier molecular flexibility index (Phi) is 5.91. The predicted octanol–water partition coefficient (Wildman–Crippen LogP) is 3.77. The number of aliphatic carboxylic acids is 1. The van der Waals surface area contributed by atoms with Crippen LogP contribution in [-0.2, 0) is 14.3 Å². The number of alkyl carbamates (subject to hydrolysis) is 1. The van der Waals surface area contributed by atoms with Gasteiger partial charge in [0, 0.05) is 25.4 Å². The van der Waals surface area contributed by atoms with E-state index in [1.54, 1.807) is 6.92 Å². The molecule has 2 aromatic carbocycles. The lowest BCUT2D eigenvalue weighted by atomic mass is 9.75. The number of benzene rings is 2. The zero-order valence-corrected chi connectivity index (χ0v) is 18.3. The number of likely N-dealkylation sites (N-methyl/N-ethyl adjacent to an activating group) is 1. The van der Waals surface area contributed by atoms with E-state index in [0.717, 1.165) is 28.7 Å². The van der Waals surface area contributed by atoms with E-state index in [1.165, 1.54) is 11.9 Å². The largest absolute Gasteiger partial charge is 0.479 e. The van der Waals surface area contributed by atoms with Crippen molar-refractivity contribution in [3.63, 3.8) is 0 Å². The first-order chi connectivity index (χ1) is 15.3. The molecule has 168 valence electrons. The van der Waals surface area contributed by atoms with Gasteiger partial charge in [0.1, 0.15) is 12.1 Å². The number of carboxylic acids is 1. The Labute approximate surface area is 187 Å². The highest BCUT2D eigenvalue weighted by Gasteiger charge is 2.49. The monoisotopic (exact) mass is 436 g/mol. The van der Waals surface area contributed by atoms with Crippen molar-refractivity contribution in [2.75, 3.05) is 13.7 Å². The summed E-state index contributed by atoms with van der Waals surface area (Å²) in [6.45, 7) is 1.91. The third-order valence-electron chi connectivity index (χ3n) is 6.78. The molecule has 0 unspecified atom stereocenters. The van der Waals surface area contributed by atoms with Crippen LogP contribution in [-0.4, -0.2) is 53.2 Å². The molecular weight excluding hydrogens is 408 g/mol. The normalized spacial score (nSPS) is 16.8. The number of ether oxygens (including phenoxy) is 1. The summed E-state index contributed by atoms with van der Waals surface area (Å²) in [5.41, 5.74) is 3.46. The second-order valence-corrected chi connectivity index (χ2v) is 8.72. The molecule has 0 spiro atoms. The molecule has 7 heteroatoms. The number of nitrogens with one attached hydrogen (secondary N) is 1. The predicted molar refractivity (Wildman–Crippen MR) is 119 cm³/mol. The van der Waals surface area contributed by atoms with Crippen LogP contribution in [0, 0.1) is 0 Å². The van der Waals surface area contributed by atoms with Gasteiger partial charge in [-0.15, -0.1) is 0 Å². The summed E-state index contributed by atoms with van der Waals surface area (Å²) < 4.78 is 5.52. The number of carboxylic acid groups (broad SMARTS) is 1. The van der Waals surface area contributed by atoms with Crippen molar-refractivity contribution >= 4 is 18.0 Å². The van der Waals surface area contributed by atoms with Gasteiger partial charge in [-0.2, -0.15) is 0 Å². The summed E-state index contributed by atoms with van der Waals surface area (Å²) in [6.07, 6.45) is 1.12. The molecule has 2 aromatic rings. The minimum atomic E-state index is -1.11. The Morgan fingerprint density at radius 3 is 2.16 bits per heavy atom. The summed E-state index contributed by atoms with van der Waals surface area (Å²) >= 11 is 0. The molecule has 7 nitrogen and oxygen atoms in total. The third kappa shape index (κ3) is 3.83. The lowest BCUT2D eigenvalue weighted by Crippen LogP contribution is -2.60. The zero-order valence-electron chi connectivity index (χ0n) is 18.3. The van der Waals surface area contributed by atoms with Crippen LogP contribution < -0.4 is 5.32 Å². The standard InChI is InChI=1S/C25H28N2O5/c1-16(14-22(28)27(2)25(23(29)30)12-7-13-25)26-24(31)32-15-21-19-10-5-3-8-17(19)18-9-4-6-11-20(18)21/h3-6,8-11,16,21H,7,12-15H2,1-2H3,(H,26,31)(H,29,30)/t16-/m0/s1. The van der Waals surface area contributed by atoms with Crippen molar-refractivity contribution in [1.29, 1.82) is 0 Å². The van der Waals surface area contributed by atoms with E-state index in [4.69, 9.17) is 4.74 Å². The molecule has 1 saturated carbocycles. The SMILES string of the molecule is C[C@@H](CC(=O)N(C)C1(C(=O)O)CCC1)NC(=O)OCC1c2ccccc2-c2ccccc21. The van der Waals surface area contributed by atoms with Crippen LogP contribution in [0.2, 0.25) is 0 Å². The molecule has 2 aliphatic carbocycles. The van der Waals surface area contributed by atoms with Crippen LogP contribution in [0.4, 0.5) is 4.79 Å². The molecule has 0 saturated heterocycles. The van der Waals surface area contributed by atoms with Crippen LogP contribution >= 0.6 is 0 Å². The van der Waals surface area contributed by atoms with Gasteiger partial charge in [0.15, 0.2) is 0 Å². The summed E-state index contributed by atoms with van der Waals surface area (Å²) in [7, 11) is 1.52. The van der Waals surface area contributed by atoms with Crippen molar-refractivity contribution in [1.82, 2.24) is 10.2 Å². The van der Waals surface area contributed by atoms with E-state index in [2.05, 4.69) is 29.6 Å². The fourth-order valence-corrected chi connectivity index (χ4v) is 4.73. The number of amides is 2. The second-order valence-electron chi connectivity index (χ2n) is 8.72. The van der Waals surface area contributed by atoms with Gasteiger partial charge in [0.25, 0.3) is 0 Å². The topological polar surface area (TPSA) is 95.9 Å². The fraction of sp³-hybridized carbons (Fsp3) is 0.400. The molecule has 0 radical (unpaired) electrons. The number of carbonyl (C=O) groups is 3. The first-order valence-electron chi connectivity index (χ1n) is 10.9. The van der Waals surface area contributed by atoms with Crippen molar-refractivity contribution in [2.24, 2.45) is 0 Å². The van der Waals surface area contributed by atoms with Crippen molar-refractivity contribution in [3.05, 3.63) is 59.7 Å². The van der Waals surface area contributed by atoms with E-state index < -0.39 is 23.6 Å². The molecule has 2 aliphatic rings. The maximum atomic E-state index is 12.6. The van der Waals surface area contributed by atoms with E-state index in [1.807, 2.05) is 24.3 Å². The maximum absolute atomic E-state index is 12.6. The van der Waals surface area contributed by atoms with Gasteiger partial charge in [-0.05, 0) is 48.4 Å². The van der Waals surface area contributed by atoms with Gasteiger partial charge < -0.3 is 20.1 Å². The molecule has 1 fully saturated rings. The quantitative estimate of drug-likeness (QED) is 0.689. The Morgan fingerprint density at radius 2 is 1.66 bits per heavy atom. The molecule has 2 amide bonds.